The smallest absolute Gasteiger partial charge is 0.00509 e. The molecule has 0 aliphatic carbocycles. The molecule has 2 heteroatoms. The molecule has 0 fully saturated rings. The minimum Gasteiger partial charge on any atom is -0.328 e. The molecule has 0 aromatic rings. The molecule has 0 saturated heterocycles. The highest BCUT2D eigenvalue weighted by atomic mass is 15.1. The maximum absolute atomic E-state index is 5.96. The first-order chi connectivity index (χ1) is 6.11. The predicted octanol–water partition coefficient (Wildman–Crippen LogP) is 2.23. The van der Waals surface area contributed by atoms with Crippen molar-refractivity contribution in [2.24, 2.45) is 5.73 Å². The molecule has 0 radical (unpaired) electrons. The second-order valence-corrected chi connectivity index (χ2v) is 4.06. The molecule has 1 atom stereocenters. The minimum absolute atomic E-state index is 0.401. The molecule has 13 heavy (non-hydrogen) atoms. The lowest BCUT2D eigenvalue weighted by Gasteiger charge is -2.25. The molecule has 0 saturated carbocycles. The van der Waals surface area contributed by atoms with Crippen LogP contribution in [0.4, 0.5) is 0 Å². The van der Waals surface area contributed by atoms with Crippen LogP contribution in [0.15, 0.2) is 0 Å². The van der Waals surface area contributed by atoms with Gasteiger partial charge in [0.05, 0.1) is 0 Å². The minimum atomic E-state index is 0.401. The van der Waals surface area contributed by atoms with Crippen molar-refractivity contribution in [3.05, 3.63) is 0 Å². The van der Waals surface area contributed by atoms with E-state index in [9.17, 15) is 0 Å². The van der Waals surface area contributed by atoms with Gasteiger partial charge in [-0.15, -0.1) is 0 Å². The monoisotopic (exact) mass is 186 g/mol. The zero-order valence-corrected chi connectivity index (χ0v) is 9.71. The first kappa shape index (κ1) is 12.9. The van der Waals surface area contributed by atoms with Gasteiger partial charge in [-0.1, -0.05) is 20.3 Å². The van der Waals surface area contributed by atoms with Crippen LogP contribution in [0.5, 0.6) is 0 Å². The average molecular weight is 186 g/mol. The van der Waals surface area contributed by atoms with Gasteiger partial charge in [0.15, 0.2) is 0 Å². The van der Waals surface area contributed by atoms with Crippen LogP contribution in [0.3, 0.4) is 0 Å². The SMILES string of the molecule is CCCC(N)CCN(CC)C(C)C. The Morgan fingerprint density at radius 3 is 2.15 bits per heavy atom. The van der Waals surface area contributed by atoms with Gasteiger partial charge in [-0.3, -0.25) is 0 Å². The molecule has 1 unspecified atom stereocenters. The van der Waals surface area contributed by atoms with E-state index >= 15 is 0 Å². The molecule has 2 nitrogen and oxygen atoms in total. The van der Waals surface area contributed by atoms with E-state index in [-0.39, 0.29) is 0 Å². The summed E-state index contributed by atoms with van der Waals surface area (Å²) in [6.45, 7) is 11.2. The topological polar surface area (TPSA) is 29.3 Å². The van der Waals surface area contributed by atoms with Crippen LogP contribution in [-0.2, 0) is 0 Å². The first-order valence-corrected chi connectivity index (χ1v) is 5.61. The van der Waals surface area contributed by atoms with E-state index in [4.69, 9.17) is 5.73 Å². The molecule has 0 heterocycles. The second kappa shape index (κ2) is 7.34. The average Bonchev–Trinajstić information content (AvgIpc) is 2.05. The van der Waals surface area contributed by atoms with Crippen molar-refractivity contribution in [2.75, 3.05) is 13.1 Å². The summed E-state index contributed by atoms with van der Waals surface area (Å²) < 4.78 is 0. The van der Waals surface area contributed by atoms with Gasteiger partial charge in [0.25, 0.3) is 0 Å². The van der Waals surface area contributed by atoms with Gasteiger partial charge in [-0.2, -0.15) is 0 Å². The number of nitrogens with two attached hydrogens (primary N) is 1. The fraction of sp³-hybridized carbons (Fsp3) is 1.00. The third-order valence-electron chi connectivity index (χ3n) is 2.58. The van der Waals surface area contributed by atoms with Gasteiger partial charge in [0, 0.05) is 12.1 Å². The summed E-state index contributed by atoms with van der Waals surface area (Å²) in [4.78, 5) is 2.47. The van der Waals surface area contributed by atoms with Crippen molar-refractivity contribution < 1.29 is 0 Å². The highest BCUT2D eigenvalue weighted by Gasteiger charge is 2.08. The van der Waals surface area contributed by atoms with Gasteiger partial charge in [0.2, 0.25) is 0 Å². The highest BCUT2D eigenvalue weighted by Crippen LogP contribution is 2.03. The van der Waals surface area contributed by atoms with E-state index in [1.165, 1.54) is 6.42 Å². The summed E-state index contributed by atoms with van der Waals surface area (Å²) in [5.41, 5.74) is 5.96. The summed E-state index contributed by atoms with van der Waals surface area (Å²) in [7, 11) is 0. The summed E-state index contributed by atoms with van der Waals surface area (Å²) in [5, 5.41) is 0. The molecule has 0 rings (SSSR count). The van der Waals surface area contributed by atoms with Crippen molar-refractivity contribution in [1.29, 1.82) is 0 Å². The third-order valence-corrected chi connectivity index (χ3v) is 2.58. The normalized spacial score (nSPS) is 14.1. The lowest BCUT2D eigenvalue weighted by molar-refractivity contribution is 0.223. The van der Waals surface area contributed by atoms with Gasteiger partial charge >= 0.3 is 0 Å². The predicted molar refractivity (Wildman–Crippen MR) is 59.9 cm³/mol. The van der Waals surface area contributed by atoms with E-state index in [2.05, 4.69) is 32.6 Å². The lowest BCUT2D eigenvalue weighted by atomic mass is 10.1. The van der Waals surface area contributed by atoms with Crippen LogP contribution in [0.25, 0.3) is 0 Å². The van der Waals surface area contributed by atoms with Crippen LogP contribution in [0.1, 0.15) is 47.0 Å². The maximum Gasteiger partial charge on any atom is 0.00509 e. The Morgan fingerprint density at radius 1 is 1.15 bits per heavy atom. The Morgan fingerprint density at radius 2 is 1.77 bits per heavy atom. The molecule has 0 spiro atoms. The molecule has 80 valence electrons. The fourth-order valence-corrected chi connectivity index (χ4v) is 1.63. The van der Waals surface area contributed by atoms with Crippen LogP contribution in [0.2, 0.25) is 0 Å². The number of rotatable bonds is 7. The zero-order valence-electron chi connectivity index (χ0n) is 9.71. The second-order valence-electron chi connectivity index (χ2n) is 4.06. The quantitative estimate of drug-likeness (QED) is 0.660. The molecular weight excluding hydrogens is 160 g/mol. The van der Waals surface area contributed by atoms with E-state index < -0.39 is 0 Å². The van der Waals surface area contributed by atoms with Crippen molar-refractivity contribution >= 4 is 0 Å². The number of hydrogen-bond acceptors (Lipinski definition) is 2. The Labute approximate surface area is 83.5 Å². The molecule has 0 bridgehead atoms. The van der Waals surface area contributed by atoms with Crippen molar-refractivity contribution in [2.45, 2.75) is 59.0 Å². The molecule has 0 amide bonds. The number of hydrogen-bond donors (Lipinski definition) is 1. The molecule has 0 aromatic carbocycles. The van der Waals surface area contributed by atoms with Crippen molar-refractivity contribution in [3.8, 4) is 0 Å². The summed E-state index contributed by atoms with van der Waals surface area (Å²) in [6.07, 6.45) is 3.50. The van der Waals surface area contributed by atoms with Crippen LogP contribution >= 0.6 is 0 Å². The molecule has 2 N–H and O–H groups in total. The van der Waals surface area contributed by atoms with Gasteiger partial charge < -0.3 is 10.6 Å². The molecule has 0 aliphatic heterocycles. The van der Waals surface area contributed by atoms with Gasteiger partial charge in [-0.05, 0) is 39.8 Å². The zero-order chi connectivity index (χ0) is 10.3. The summed E-state index contributed by atoms with van der Waals surface area (Å²) >= 11 is 0. The van der Waals surface area contributed by atoms with Crippen molar-refractivity contribution in [3.63, 3.8) is 0 Å². The highest BCUT2D eigenvalue weighted by molar-refractivity contribution is 4.66. The summed E-state index contributed by atoms with van der Waals surface area (Å²) in [5.74, 6) is 0. The largest absolute Gasteiger partial charge is 0.328 e. The van der Waals surface area contributed by atoms with Crippen LogP contribution < -0.4 is 5.73 Å². The van der Waals surface area contributed by atoms with E-state index in [1.54, 1.807) is 0 Å². The summed E-state index contributed by atoms with van der Waals surface area (Å²) in [6, 6.07) is 1.05. The Bertz CT molecular complexity index is 113. The van der Waals surface area contributed by atoms with E-state index in [0.717, 1.165) is 25.9 Å². The maximum atomic E-state index is 5.96. The standard InChI is InChI=1S/C11H26N2/c1-5-7-11(12)8-9-13(6-2)10(3)4/h10-11H,5-9,12H2,1-4H3. The van der Waals surface area contributed by atoms with E-state index in [0.29, 0.717) is 12.1 Å². The molecule has 0 aliphatic rings. The van der Waals surface area contributed by atoms with Crippen LogP contribution in [0, 0.1) is 0 Å². The first-order valence-electron chi connectivity index (χ1n) is 5.61. The Kier molecular flexibility index (Phi) is 7.29. The lowest BCUT2D eigenvalue weighted by Crippen LogP contribution is -2.35. The third kappa shape index (κ3) is 6.05. The Hall–Kier alpha value is -0.0800. The molecular formula is C11H26N2. The van der Waals surface area contributed by atoms with E-state index in [1.807, 2.05) is 0 Å². The fourth-order valence-electron chi connectivity index (χ4n) is 1.63. The molecule has 0 aromatic heterocycles. The van der Waals surface area contributed by atoms with Gasteiger partial charge in [0.1, 0.15) is 0 Å². The van der Waals surface area contributed by atoms with Gasteiger partial charge in [-0.25, -0.2) is 0 Å². The van der Waals surface area contributed by atoms with Crippen LogP contribution in [-0.4, -0.2) is 30.1 Å². The van der Waals surface area contributed by atoms with Crippen molar-refractivity contribution in [1.82, 2.24) is 4.90 Å². The number of nitrogens with zero attached hydrogens (tertiary/aromatic N) is 1. The Balaban J connectivity index is 3.59.